The number of likely N-dealkylation sites (N-methyl/N-ethyl adjacent to an activating group) is 1. The van der Waals surface area contributed by atoms with E-state index in [0.29, 0.717) is 5.56 Å². The molecule has 0 aliphatic carbocycles. The molecular weight excluding hydrogens is 259 g/mol. The van der Waals surface area contributed by atoms with E-state index in [4.69, 9.17) is 4.84 Å². The maximum Gasteiger partial charge on any atom is 0.454 e. The summed E-state index contributed by atoms with van der Waals surface area (Å²) in [6.45, 7) is 1.87. The molecule has 1 aliphatic heterocycles. The number of halogens is 3. The minimum Gasteiger partial charge on any atom is -0.413 e. The van der Waals surface area contributed by atoms with Gasteiger partial charge >= 0.3 is 6.18 Å². The molecule has 0 aromatic heterocycles. The van der Waals surface area contributed by atoms with Crippen LogP contribution in [0, 0.1) is 6.92 Å². The van der Waals surface area contributed by atoms with Crippen LogP contribution in [0.4, 0.5) is 13.2 Å². The fourth-order valence-corrected chi connectivity index (χ4v) is 1.94. The average Bonchev–Trinajstić information content (AvgIpc) is 2.70. The van der Waals surface area contributed by atoms with Crippen molar-refractivity contribution in [2.24, 2.45) is 0 Å². The topological polar surface area (TPSA) is 29.5 Å². The van der Waals surface area contributed by atoms with Crippen molar-refractivity contribution in [3.8, 4) is 0 Å². The largest absolute Gasteiger partial charge is 0.454 e. The fourth-order valence-electron chi connectivity index (χ4n) is 1.94. The van der Waals surface area contributed by atoms with Gasteiger partial charge in [0.05, 0.1) is 5.57 Å². The summed E-state index contributed by atoms with van der Waals surface area (Å²) in [7, 11) is 1.48. The number of carbonyl (C=O) groups excluding carboxylic acids is 1. The van der Waals surface area contributed by atoms with E-state index in [-0.39, 0.29) is 0 Å². The first-order valence-electron chi connectivity index (χ1n) is 5.58. The zero-order chi connectivity index (χ0) is 14.2. The minimum atomic E-state index is -4.90. The van der Waals surface area contributed by atoms with Gasteiger partial charge < -0.3 is 4.84 Å². The number of hydrogen-bond acceptors (Lipinski definition) is 3. The van der Waals surface area contributed by atoms with Crippen LogP contribution in [0.15, 0.2) is 36.1 Å². The molecule has 1 unspecified atom stereocenters. The number of rotatable bonds is 2. The minimum absolute atomic E-state index is 0.404. The molecule has 3 nitrogen and oxygen atoms in total. The number of alkyl halides is 3. The summed E-state index contributed by atoms with van der Waals surface area (Å²) in [4.78, 5) is 16.3. The van der Waals surface area contributed by atoms with E-state index in [9.17, 15) is 18.0 Å². The van der Waals surface area contributed by atoms with Crippen LogP contribution in [-0.2, 0) is 9.63 Å². The van der Waals surface area contributed by atoms with Crippen molar-refractivity contribution in [1.82, 2.24) is 5.06 Å². The quantitative estimate of drug-likeness (QED) is 0.828. The van der Waals surface area contributed by atoms with Gasteiger partial charge in [-0.25, -0.2) is 0 Å². The Hall–Kier alpha value is -1.82. The molecule has 0 bridgehead atoms. The first kappa shape index (κ1) is 13.6. The van der Waals surface area contributed by atoms with Gasteiger partial charge in [-0.05, 0) is 12.5 Å². The lowest BCUT2D eigenvalue weighted by atomic mass is 9.96. The fraction of sp³-hybridized carbons (Fsp3) is 0.308. The first-order chi connectivity index (χ1) is 8.80. The van der Waals surface area contributed by atoms with Crippen molar-refractivity contribution in [2.75, 3.05) is 7.05 Å². The second-order valence-corrected chi connectivity index (χ2v) is 4.36. The Labute approximate surface area is 108 Å². The number of carbonyl (C=O) groups is 1. The van der Waals surface area contributed by atoms with Gasteiger partial charge in [0.15, 0.2) is 0 Å². The highest BCUT2D eigenvalue weighted by Gasteiger charge is 2.46. The average molecular weight is 271 g/mol. The van der Waals surface area contributed by atoms with Crippen molar-refractivity contribution in [3.63, 3.8) is 0 Å². The smallest absolute Gasteiger partial charge is 0.413 e. The standard InChI is InChI=1S/C13H12F3NO2/c1-8-3-5-9(6-4-8)11-10(7-19-17(11)2)12(18)13(14,15)16/h3-7,11H,1-2H3. The molecule has 1 atom stereocenters. The molecule has 0 saturated carbocycles. The van der Waals surface area contributed by atoms with Gasteiger partial charge in [-0.1, -0.05) is 29.8 Å². The molecule has 19 heavy (non-hydrogen) atoms. The molecule has 1 heterocycles. The predicted octanol–water partition coefficient (Wildman–Crippen LogP) is 2.93. The normalized spacial score (nSPS) is 20.1. The van der Waals surface area contributed by atoms with Crippen LogP contribution in [0.1, 0.15) is 17.2 Å². The van der Waals surface area contributed by atoms with Crippen molar-refractivity contribution in [2.45, 2.75) is 19.1 Å². The second-order valence-electron chi connectivity index (χ2n) is 4.36. The summed E-state index contributed by atoms with van der Waals surface area (Å²) in [6.07, 6.45) is -4.04. The van der Waals surface area contributed by atoms with E-state index in [0.717, 1.165) is 11.8 Å². The number of Topliss-reactive ketones (excluding diaryl/α,β-unsaturated/α-hetero) is 1. The molecule has 2 rings (SSSR count). The molecule has 102 valence electrons. The Balaban J connectivity index is 2.35. The van der Waals surface area contributed by atoms with Crippen LogP contribution >= 0.6 is 0 Å². The number of hydrogen-bond donors (Lipinski definition) is 0. The van der Waals surface area contributed by atoms with Crippen molar-refractivity contribution >= 4 is 5.78 Å². The molecule has 0 N–H and O–H groups in total. The van der Waals surface area contributed by atoms with Crippen LogP contribution in [0.2, 0.25) is 0 Å². The Bertz CT molecular complexity index is 520. The molecule has 1 aromatic carbocycles. The van der Waals surface area contributed by atoms with Crippen LogP contribution in [0.3, 0.4) is 0 Å². The summed E-state index contributed by atoms with van der Waals surface area (Å²) in [5.74, 6) is -1.87. The van der Waals surface area contributed by atoms with E-state index in [2.05, 4.69) is 0 Å². The van der Waals surface area contributed by atoms with Gasteiger partial charge in [0.1, 0.15) is 12.3 Å². The van der Waals surface area contributed by atoms with E-state index in [1.165, 1.54) is 12.1 Å². The highest BCUT2D eigenvalue weighted by atomic mass is 19.4. The van der Waals surface area contributed by atoms with Gasteiger partial charge in [-0.2, -0.15) is 13.2 Å². The van der Waals surface area contributed by atoms with Gasteiger partial charge in [-0.3, -0.25) is 4.79 Å². The SMILES string of the molecule is Cc1ccc(C2C(C(=O)C(F)(F)F)=CON2C)cc1. The highest BCUT2D eigenvalue weighted by Crippen LogP contribution is 2.37. The van der Waals surface area contributed by atoms with Crippen molar-refractivity contribution in [1.29, 1.82) is 0 Å². The van der Waals surface area contributed by atoms with Crippen molar-refractivity contribution < 1.29 is 22.8 Å². The molecule has 0 radical (unpaired) electrons. The number of ketones is 1. The molecule has 1 aliphatic rings. The van der Waals surface area contributed by atoms with Gasteiger partial charge in [0.25, 0.3) is 5.78 Å². The maximum atomic E-state index is 12.5. The highest BCUT2D eigenvalue weighted by molar-refractivity contribution is 6.00. The van der Waals surface area contributed by atoms with E-state index < -0.39 is 23.6 Å². The zero-order valence-corrected chi connectivity index (χ0v) is 10.4. The third kappa shape index (κ3) is 2.63. The number of aryl methyl sites for hydroxylation is 1. The summed E-state index contributed by atoms with van der Waals surface area (Å²) >= 11 is 0. The van der Waals surface area contributed by atoms with E-state index in [1.54, 1.807) is 24.3 Å². The molecule has 0 saturated heterocycles. The molecule has 0 fully saturated rings. The molecule has 0 spiro atoms. The van der Waals surface area contributed by atoms with Crippen LogP contribution in [0.25, 0.3) is 0 Å². The Morgan fingerprint density at radius 1 is 1.26 bits per heavy atom. The zero-order valence-electron chi connectivity index (χ0n) is 10.4. The maximum absolute atomic E-state index is 12.5. The number of hydroxylamine groups is 2. The van der Waals surface area contributed by atoms with Gasteiger partial charge in [0.2, 0.25) is 0 Å². The van der Waals surface area contributed by atoms with Crippen LogP contribution < -0.4 is 0 Å². The van der Waals surface area contributed by atoms with Crippen molar-refractivity contribution in [3.05, 3.63) is 47.2 Å². The summed E-state index contributed by atoms with van der Waals surface area (Å²) < 4.78 is 37.6. The second kappa shape index (κ2) is 4.70. The van der Waals surface area contributed by atoms with Gasteiger partial charge in [-0.15, -0.1) is 5.06 Å². The lowest BCUT2D eigenvalue weighted by Crippen LogP contribution is -2.29. The summed E-state index contributed by atoms with van der Waals surface area (Å²) in [5, 5.41) is 1.23. The molecule has 0 amide bonds. The predicted molar refractivity (Wildman–Crippen MR) is 61.9 cm³/mol. The van der Waals surface area contributed by atoms with E-state index >= 15 is 0 Å². The monoisotopic (exact) mass is 271 g/mol. The Morgan fingerprint density at radius 3 is 2.37 bits per heavy atom. The third-order valence-electron chi connectivity index (χ3n) is 2.92. The molecular formula is C13H12F3NO2. The van der Waals surface area contributed by atoms with Gasteiger partial charge in [0, 0.05) is 7.05 Å². The van der Waals surface area contributed by atoms with E-state index in [1.807, 2.05) is 6.92 Å². The molecule has 1 aromatic rings. The Kier molecular flexibility index (Phi) is 3.36. The third-order valence-corrected chi connectivity index (χ3v) is 2.92. The van der Waals surface area contributed by atoms with Crippen LogP contribution in [-0.4, -0.2) is 24.1 Å². The molecule has 6 heteroatoms. The summed E-state index contributed by atoms with van der Waals surface area (Å²) in [6, 6.07) is 6.08. The number of benzene rings is 1. The first-order valence-corrected chi connectivity index (χ1v) is 5.58. The van der Waals surface area contributed by atoms with Crippen LogP contribution in [0.5, 0.6) is 0 Å². The Morgan fingerprint density at radius 2 is 1.84 bits per heavy atom. The summed E-state index contributed by atoms with van der Waals surface area (Å²) in [5.41, 5.74) is 1.16. The number of nitrogens with zero attached hydrogens (tertiary/aromatic N) is 1. The lowest BCUT2D eigenvalue weighted by molar-refractivity contribution is -0.167. The lowest BCUT2D eigenvalue weighted by Gasteiger charge is -2.21.